The minimum absolute atomic E-state index is 0. The van der Waals surface area contributed by atoms with Gasteiger partial charge >= 0.3 is 0 Å². The maximum absolute atomic E-state index is 9.18. The zero-order chi connectivity index (χ0) is 8.43. The highest BCUT2D eigenvalue weighted by atomic mass is 35.5. The average molecular weight is 200 g/mol. The van der Waals surface area contributed by atoms with E-state index in [2.05, 4.69) is 5.32 Å². The van der Waals surface area contributed by atoms with Crippen LogP contribution in [0.3, 0.4) is 0 Å². The Balaban J connectivity index is 0.00000121. The van der Waals surface area contributed by atoms with Gasteiger partial charge in [0.25, 0.3) is 0 Å². The standard InChI is InChI=1S/C6H13NO4.ClH/c8-1-3-5(10)6(11)4(2-9)7-3;/h3-11H,1-2H2;1H/t3-,4+,5+,6-;. The van der Waals surface area contributed by atoms with Crippen LogP contribution in [0, 0.1) is 0 Å². The van der Waals surface area contributed by atoms with Gasteiger partial charge < -0.3 is 25.7 Å². The highest BCUT2D eigenvalue weighted by Gasteiger charge is 2.39. The quantitative estimate of drug-likeness (QED) is 0.338. The van der Waals surface area contributed by atoms with Gasteiger partial charge in [0.2, 0.25) is 0 Å². The van der Waals surface area contributed by atoms with E-state index >= 15 is 0 Å². The first-order chi connectivity index (χ1) is 5.20. The van der Waals surface area contributed by atoms with Crippen molar-refractivity contribution in [3.8, 4) is 0 Å². The molecule has 1 aliphatic heterocycles. The molecule has 6 heteroatoms. The summed E-state index contributed by atoms with van der Waals surface area (Å²) in [7, 11) is 0. The first-order valence-electron chi connectivity index (χ1n) is 3.54. The predicted molar refractivity (Wildman–Crippen MR) is 44.1 cm³/mol. The van der Waals surface area contributed by atoms with Crippen molar-refractivity contribution in [1.29, 1.82) is 0 Å². The molecule has 0 bridgehead atoms. The molecule has 0 aliphatic carbocycles. The van der Waals surface area contributed by atoms with Crippen LogP contribution in [-0.4, -0.2) is 57.9 Å². The Morgan fingerprint density at radius 2 is 1.25 bits per heavy atom. The van der Waals surface area contributed by atoms with E-state index in [1.807, 2.05) is 0 Å². The zero-order valence-corrected chi connectivity index (χ0v) is 7.24. The fraction of sp³-hybridized carbons (Fsp3) is 1.00. The summed E-state index contributed by atoms with van der Waals surface area (Å²) in [6.45, 7) is -0.483. The molecule has 1 fully saturated rings. The molecular formula is C6H14ClNO4. The lowest BCUT2D eigenvalue weighted by Crippen LogP contribution is -2.37. The second-order valence-electron chi connectivity index (χ2n) is 2.73. The van der Waals surface area contributed by atoms with E-state index in [0.29, 0.717) is 0 Å². The van der Waals surface area contributed by atoms with Gasteiger partial charge in [-0.15, -0.1) is 12.4 Å². The van der Waals surface area contributed by atoms with E-state index in [1.165, 1.54) is 0 Å². The summed E-state index contributed by atoms with van der Waals surface area (Å²) in [5, 5.41) is 38.3. The van der Waals surface area contributed by atoms with E-state index in [4.69, 9.17) is 10.2 Å². The number of aliphatic hydroxyl groups is 4. The number of hydrogen-bond donors (Lipinski definition) is 5. The molecule has 4 atom stereocenters. The van der Waals surface area contributed by atoms with Crippen molar-refractivity contribution in [2.24, 2.45) is 0 Å². The monoisotopic (exact) mass is 199 g/mol. The third kappa shape index (κ3) is 2.07. The lowest BCUT2D eigenvalue weighted by molar-refractivity contribution is 0.0130. The maximum atomic E-state index is 9.18. The maximum Gasteiger partial charge on any atom is 0.0990 e. The Hall–Kier alpha value is 0.0900. The van der Waals surface area contributed by atoms with Gasteiger partial charge in [-0.1, -0.05) is 0 Å². The molecule has 0 spiro atoms. The second-order valence-corrected chi connectivity index (χ2v) is 2.73. The van der Waals surface area contributed by atoms with Gasteiger partial charge in [-0.3, -0.25) is 0 Å². The molecule has 0 unspecified atom stereocenters. The molecule has 5 N–H and O–H groups in total. The fourth-order valence-corrected chi connectivity index (χ4v) is 1.27. The SMILES string of the molecule is Cl.OC[C@@H]1N[C@H](CO)[C@H](O)[C@@H]1O. The molecule has 0 amide bonds. The number of halogens is 1. The fourth-order valence-electron chi connectivity index (χ4n) is 1.27. The summed E-state index contributed by atoms with van der Waals surface area (Å²) in [5.74, 6) is 0. The van der Waals surface area contributed by atoms with Crippen LogP contribution in [-0.2, 0) is 0 Å². The third-order valence-electron chi connectivity index (χ3n) is 2.00. The van der Waals surface area contributed by atoms with Gasteiger partial charge in [-0.2, -0.15) is 0 Å². The summed E-state index contributed by atoms with van der Waals surface area (Å²) < 4.78 is 0. The Kier molecular flexibility index (Phi) is 5.00. The van der Waals surface area contributed by atoms with E-state index in [9.17, 15) is 10.2 Å². The second kappa shape index (κ2) is 4.96. The third-order valence-corrected chi connectivity index (χ3v) is 2.00. The molecule has 1 heterocycles. The van der Waals surface area contributed by atoms with Crippen molar-refractivity contribution in [1.82, 2.24) is 5.32 Å². The van der Waals surface area contributed by atoms with Crippen molar-refractivity contribution in [2.75, 3.05) is 13.2 Å². The summed E-state index contributed by atoms with van der Waals surface area (Å²) in [4.78, 5) is 0. The molecule has 12 heavy (non-hydrogen) atoms. The average Bonchev–Trinajstić information content (AvgIpc) is 2.30. The van der Waals surface area contributed by atoms with Crippen LogP contribution >= 0.6 is 12.4 Å². The van der Waals surface area contributed by atoms with Crippen LogP contribution in [0.25, 0.3) is 0 Å². The Morgan fingerprint density at radius 3 is 1.42 bits per heavy atom. The van der Waals surface area contributed by atoms with E-state index < -0.39 is 24.3 Å². The minimum Gasteiger partial charge on any atom is -0.395 e. The van der Waals surface area contributed by atoms with Gasteiger partial charge in [-0.05, 0) is 0 Å². The Bertz CT molecular complexity index is 119. The van der Waals surface area contributed by atoms with E-state index in [0.717, 1.165) is 0 Å². The number of nitrogens with one attached hydrogen (secondary N) is 1. The predicted octanol–water partition coefficient (Wildman–Crippen LogP) is -2.54. The summed E-state index contributed by atoms with van der Waals surface area (Å²) in [6, 6.07) is -1.05. The molecule has 0 aromatic rings. The van der Waals surface area contributed by atoms with Gasteiger partial charge in [0.05, 0.1) is 37.5 Å². The van der Waals surface area contributed by atoms with Gasteiger partial charge in [-0.25, -0.2) is 0 Å². The Labute approximate surface area is 76.4 Å². The highest BCUT2D eigenvalue weighted by Crippen LogP contribution is 2.13. The first-order valence-corrected chi connectivity index (χ1v) is 3.54. The smallest absolute Gasteiger partial charge is 0.0990 e. The van der Waals surface area contributed by atoms with Crippen molar-refractivity contribution >= 4 is 12.4 Å². The lowest BCUT2D eigenvalue weighted by Gasteiger charge is -2.12. The highest BCUT2D eigenvalue weighted by molar-refractivity contribution is 5.85. The van der Waals surface area contributed by atoms with Gasteiger partial charge in [0.15, 0.2) is 0 Å². The largest absolute Gasteiger partial charge is 0.395 e. The number of rotatable bonds is 2. The van der Waals surface area contributed by atoms with Crippen LogP contribution in [0.15, 0.2) is 0 Å². The van der Waals surface area contributed by atoms with Crippen molar-refractivity contribution in [3.05, 3.63) is 0 Å². The molecule has 0 saturated carbocycles. The molecule has 74 valence electrons. The van der Waals surface area contributed by atoms with Crippen molar-refractivity contribution in [3.63, 3.8) is 0 Å². The van der Waals surface area contributed by atoms with Gasteiger partial charge in [0, 0.05) is 0 Å². The van der Waals surface area contributed by atoms with E-state index in [1.54, 1.807) is 0 Å². The first kappa shape index (κ1) is 12.1. The summed E-state index contributed by atoms with van der Waals surface area (Å²) >= 11 is 0. The van der Waals surface area contributed by atoms with Gasteiger partial charge in [0.1, 0.15) is 0 Å². The molecule has 0 aromatic heterocycles. The molecule has 1 rings (SSSR count). The van der Waals surface area contributed by atoms with Crippen molar-refractivity contribution in [2.45, 2.75) is 24.3 Å². The molecular weight excluding hydrogens is 186 g/mol. The normalized spacial score (nSPS) is 41.0. The topological polar surface area (TPSA) is 93.0 Å². The molecule has 1 aliphatic rings. The molecule has 0 radical (unpaired) electrons. The van der Waals surface area contributed by atoms with Crippen LogP contribution in [0.5, 0.6) is 0 Å². The lowest BCUT2D eigenvalue weighted by atomic mass is 10.1. The molecule has 1 saturated heterocycles. The molecule has 5 nitrogen and oxygen atoms in total. The van der Waals surface area contributed by atoms with Crippen LogP contribution in [0.4, 0.5) is 0 Å². The van der Waals surface area contributed by atoms with Crippen LogP contribution in [0.1, 0.15) is 0 Å². The van der Waals surface area contributed by atoms with Crippen molar-refractivity contribution < 1.29 is 20.4 Å². The number of hydrogen-bond acceptors (Lipinski definition) is 5. The van der Waals surface area contributed by atoms with Crippen LogP contribution < -0.4 is 5.32 Å². The van der Waals surface area contributed by atoms with E-state index in [-0.39, 0.29) is 25.6 Å². The minimum atomic E-state index is -0.989. The zero-order valence-electron chi connectivity index (χ0n) is 6.42. The number of aliphatic hydroxyl groups excluding tert-OH is 4. The Morgan fingerprint density at radius 1 is 0.917 bits per heavy atom. The molecule has 0 aromatic carbocycles. The summed E-state index contributed by atoms with van der Waals surface area (Å²) in [5.41, 5.74) is 0. The van der Waals surface area contributed by atoms with Crippen LogP contribution in [0.2, 0.25) is 0 Å². The summed E-state index contributed by atoms with van der Waals surface area (Å²) in [6.07, 6.45) is -1.98.